The zero-order valence-electron chi connectivity index (χ0n) is 14.4. The summed E-state index contributed by atoms with van der Waals surface area (Å²) >= 11 is 0. The Morgan fingerprint density at radius 1 is 1.04 bits per heavy atom. The van der Waals surface area contributed by atoms with Gasteiger partial charge in [-0.15, -0.1) is 0 Å². The summed E-state index contributed by atoms with van der Waals surface area (Å²) in [5.74, 6) is -0.0214. The molecule has 1 heterocycles. The molecule has 1 saturated heterocycles. The summed E-state index contributed by atoms with van der Waals surface area (Å²) in [7, 11) is 1.82. The van der Waals surface area contributed by atoms with Crippen LogP contribution in [0, 0.1) is 0 Å². The number of carbonyl (C=O) groups excluding carboxylic acids is 2. The molecule has 6 heteroatoms. The Kier molecular flexibility index (Phi) is 7.71. The van der Waals surface area contributed by atoms with Crippen molar-refractivity contribution in [3.05, 3.63) is 35.4 Å². The van der Waals surface area contributed by atoms with Gasteiger partial charge in [0.15, 0.2) is 0 Å². The molecule has 1 aliphatic heterocycles. The summed E-state index contributed by atoms with van der Waals surface area (Å²) in [6, 6.07) is 7.38. The second-order valence-electron chi connectivity index (χ2n) is 6.13. The van der Waals surface area contributed by atoms with Crippen molar-refractivity contribution in [3.63, 3.8) is 0 Å². The van der Waals surface area contributed by atoms with Gasteiger partial charge in [0.05, 0.1) is 0 Å². The molecule has 0 aromatic heterocycles. The average molecular weight is 332 g/mol. The molecule has 1 aliphatic rings. The van der Waals surface area contributed by atoms with E-state index >= 15 is 0 Å². The van der Waals surface area contributed by atoms with Crippen molar-refractivity contribution in [2.75, 3.05) is 39.8 Å². The van der Waals surface area contributed by atoms with Gasteiger partial charge in [-0.3, -0.25) is 9.59 Å². The lowest BCUT2D eigenvalue weighted by Crippen LogP contribution is -2.33. The van der Waals surface area contributed by atoms with E-state index in [1.54, 1.807) is 12.1 Å². The molecule has 0 unspecified atom stereocenters. The predicted molar refractivity (Wildman–Crippen MR) is 94.8 cm³/mol. The van der Waals surface area contributed by atoms with Gasteiger partial charge in [0.25, 0.3) is 5.91 Å². The van der Waals surface area contributed by atoms with E-state index in [0.717, 1.165) is 25.2 Å². The van der Waals surface area contributed by atoms with Gasteiger partial charge in [0.1, 0.15) is 0 Å². The lowest BCUT2D eigenvalue weighted by Gasteiger charge is -2.14. The highest BCUT2D eigenvalue weighted by molar-refractivity contribution is 5.94. The molecule has 1 aromatic carbocycles. The summed E-state index contributed by atoms with van der Waals surface area (Å²) in [5, 5.41) is 8.77. The predicted octanol–water partition coefficient (Wildman–Crippen LogP) is 0.738. The summed E-state index contributed by atoms with van der Waals surface area (Å²) in [6.07, 6.45) is 3.00. The normalized spacial score (nSPS) is 14.5. The SMILES string of the molecule is CNCCC(=O)NCc1ccc(C(=O)NCCN2CCCC2)cc1. The van der Waals surface area contributed by atoms with Crippen LogP contribution >= 0.6 is 0 Å². The second kappa shape index (κ2) is 10.1. The number of nitrogens with zero attached hydrogens (tertiary/aromatic N) is 1. The van der Waals surface area contributed by atoms with E-state index in [1.807, 2.05) is 19.2 Å². The van der Waals surface area contributed by atoms with Crippen LogP contribution in [0.4, 0.5) is 0 Å². The molecule has 0 saturated carbocycles. The Hall–Kier alpha value is -1.92. The van der Waals surface area contributed by atoms with Crippen LogP contribution in [0.1, 0.15) is 35.2 Å². The van der Waals surface area contributed by atoms with Crippen LogP contribution in [0.25, 0.3) is 0 Å². The standard InChI is InChI=1S/C18H28N4O2/c1-19-9-8-17(23)21-14-15-4-6-16(7-5-15)18(24)20-10-13-22-11-2-3-12-22/h4-7,19H,2-3,8-14H2,1H3,(H,20,24)(H,21,23). The summed E-state index contributed by atoms with van der Waals surface area (Å²) < 4.78 is 0. The van der Waals surface area contributed by atoms with Crippen LogP contribution in [-0.4, -0.2) is 56.5 Å². The molecule has 0 aliphatic carbocycles. The van der Waals surface area contributed by atoms with Crippen molar-refractivity contribution in [3.8, 4) is 0 Å². The maximum Gasteiger partial charge on any atom is 0.251 e. The minimum absolute atomic E-state index is 0.0214. The molecule has 0 bridgehead atoms. The third-order valence-electron chi connectivity index (χ3n) is 4.22. The number of rotatable bonds is 9. The minimum atomic E-state index is -0.0428. The Balaban J connectivity index is 1.70. The fourth-order valence-corrected chi connectivity index (χ4v) is 2.74. The molecule has 2 rings (SSSR count). The molecule has 0 radical (unpaired) electrons. The first-order valence-electron chi connectivity index (χ1n) is 8.70. The maximum atomic E-state index is 12.1. The van der Waals surface area contributed by atoms with Gasteiger partial charge in [0.2, 0.25) is 5.91 Å². The number of hydrogen-bond donors (Lipinski definition) is 3. The van der Waals surface area contributed by atoms with Crippen LogP contribution < -0.4 is 16.0 Å². The van der Waals surface area contributed by atoms with E-state index in [0.29, 0.717) is 31.6 Å². The number of nitrogens with one attached hydrogen (secondary N) is 3. The number of likely N-dealkylation sites (tertiary alicyclic amines) is 1. The molecule has 24 heavy (non-hydrogen) atoms. The molecule has 1 aromatic rings. The summed E-state index contributed by atoms with van der Waals surface area (Å²) in [6.45, 7) is 5.04. The van der Waals surface area contributed by atoms with Crippen molar-refractivity contribution in [2.45, 2.75) is 25.8 Å². The van der Waals surface area contributed by atoms with Crippen LogP contribution in [0.3, 0.4) is 0 Å². The maximum absolute atomic E-state index is 12.1. The third kappa shape index (κ3) is 6.29. The fourth-order valence-electron chi connectivity index (χ4n) is 2.74. The molecule has 2 amide bonds. The van der Waals surface area contributed by atoms with Crippen molar-refractivity contribution in [1.82, 2.24) is 20.9 Å². The van der Waals surface area contributed by atoms with Gasteiger partial charge in [-0.1, -0.05) is 12.1 Å². The molecule has 132 valence electrons. The zero-order valence-corrected chi connectivity index (χ0v) is 14.4. The average Bonchev–Trinajstić information content (AvgIpc) is 3.12. The minimum Gasteiger partial charge on any atom is -0.352 e. The Bertz CT molecular complexity index is 524. The van der Waals surface area contributed by atoms with Crippen LogP contribution in [0.15, 0.2) is 24.3 Å². The Labute approximate surface area is 144 Å². The van der Waals surface area contributed by atoms with Gasteiger partial charge in [0, 0.05) is 38.2 Å². The molecule has 1 fully saturated rings. The van der Waals surface area contributed by atoms with Gasteiger partial charge in [-0.25, -0.2) is 0 Å². The second-order valence-corrected chi connectivity index (χ2v) is 6.13. The first kappa shape index (κ1) is 18.4. The highest BCUT2D eigenvalue weighted by Gasteiger charge is 2.11. The lowest BCUT2D eigenvalue weighted by atomic mass is 10.1. The molecular weight excluding hydrogens is 304 g/mol. The summed E-state index contributed by atoms with van der Waals surface area (Å²) in [4.78, 5) is 26.0. The molecule has 3 N–H and O–H groups in total. The van der Waals surface area contributed by atoms with Gasteiger partial charge >= 0.3 is 0 Å². The van der Waals surface area contributed by atoms with Crippen molar-refractivity contribution < 1.29 is 9.59 Å². The van der Waals surface area contributed by atoms with E-state index in [2.05, 4.69) is 20.9 Å². The molecule has 6 nitrogen and oxygen atoms in total. The molecule has 0 atom stereocenters. The van der Waals surface area contributed by atoms with Crippen LogP contribution in [0.2, 0.25) is 0 Å². The van der Waals surface area contributed by atoms with Gasteiger partial charge in [-0.05, 0) is 50.7 Å². The fraction of sp³-hybridized carbons (Fsp3) is 0.556. The number of hydrogen-bond acceptors (Lipinski definition) is 4. The quantitative estimate of drug-likeness (QED) is 0.624. The molecular formula is C18H28N4O2. The number of carbonyl (C=O) groups is 2. The molecule has 0 spiro atoms. The van der Waals surface area contributed by atoms with Crippen molar-refractivity contribution in [1.29, 1.82) is 0 Å². The van der Waals surface area contributed by atoms with Gasteiger partial charge < -0.3 is 20.9 Å². The van der Waals surface area contributed by atoms with E-state index in [1.165, 1.54) is 12.8 Å². The van der Waals surface area contributed by atoms with Crippen molar-refractivity contribution >= 4 is 11.8 Å². The third-order valence-corrected chi connectivity index (χ3v) is 4.22. The highest BCUT2D eigenvalue weighted by atomic mass is 16.2. The van der Waals surface area contributed by atoms with Crippen LogP contribution in [0.5, 0.6) is 0 Å². The Morgan fingerprint density at radius 3 is 2.42 bits per heavy atom. The first-order chi connectivity index (χ1) is 11.7. The van der Waals surface area contributed by atoms with E-state index in [-0.39, 0.29) is 11.8 Å². The zero-order chi connectivity index (χ0) is 17.2. The Morgan fingerprint density at radius 2 is 1.75 bits per heavy atom. The van der Waals surface area contributed by atoms with E-state index < -0.39 is 0 Å². The van der Waals surface area contributed by atoms with E-state index in [9.17, 15) is 9.59 Å². The number of amides is 2. The largest absolute Gasteiger partial charge is 0.352 e. The summed E-state index contributed by atoms with van der Waals surface area (Å²) in [5.41, 5.74) is 1.64. The topological polar surface area (TPSA) is 73.5 Å². The highest BCUT2D eigenvalue weighted by Crippen LogP contribution is 2.06. The van der Waals surface area contributed by atoms with E-state index in [4.69, 9.17) is 0 Å². The smallest absolute Gasteiger partial charge is 0.251 e. The monoisotopic (exact) mass is 332 g/mol. The lowest BCUT2D eigenvalue weighted by molar-refractivity contribution is -0.121. The van der Waals surface area contributed by atoms with Gasteiger partial charge in [-0.2, -0.15) is 0 Å². The van der Waals surface area contributed by atoms with Crippen molar-refractivity contribution in [2.24, 2.45) is 0 Å². The number of benzene rings is 1. The first-order valence-corrected chi connectivity index (χ1v) is 8.70. The van der Waals surface area contributed by atoms with Crippen LogP contribution in [-0.2, 0) is 11.3 Å².